The van der Waals surface area contributed by atoms with Crippen molar-refractivity contribution in [3.63, 3.8) is 0 Å². The van der Waals surface area contributed by atoms with Crippen molar-refractivity contribution in [2.75, 3.05) is 5.32 Å². The Hall–Kier alpha value is -2.96. The summed E-state index contributed by atoms with van der Waals surface area (Å²) in [5, 5.41) is 6.50. The van der Waals surface area contributed by atoms with E-state index >= 15 is 0 Å². The van der Waals surface area contributed by atoms with Crippen LogP contribution in [0.4, 0.5) is 5.82 Å². The second-order valence-corrected chi connectivity index (χ2v) is 3.82. The number of H-pyrrole nitrogens is 1. The summed E-state index contributed by atoms with van der Waals surface area (Å²) in [6, 6.07) is 10.9. The summed E-state index contributed by atoms with van der Waals surface area (Å²) in [4.78, 5) is 28.9. The lowest BCUT2D eigenvalue weighted by Gasteiger charge is -1.96. The standard InChI is InChI=1S/C12H9N5O2/c18-7-13-9-6-10-15-11(8-4-2-1-3-5-8)16-17(10)12(19)14-9/h1-7H,(H,13,18)(H,14,19). The van der Waals surface area contributed by atoms with Crippen molar-refractivity contribution in [1.82, 2.24) is 19.6 Å². The number of carbonyl (C=O) groups is 1. The predicted octanol–water partition coefficient (Wildman–Crippen LogP) is 0.653. The van der Waals surface area contributed by atoms with Crippen LogP contribution >= 0.6 is 0 Å². The molecule has 1 amide bonds. The van der Waals surface area contributed by atoms with Gasteiger partial charge in [0.25, 0.3) is 0 Å². The number of rotatable bonds is 3. The van der Waals surface area contributed by atoms with Crippen LogP contribution in [0.5, 0.6) is 0 Å². The molecule has 0 aliphatic carbocycles. The van der Waals surface area contributed by atoms with Crippen LogP contribution in [0, 0.1) is 0 Å². The molecule has 2 N–H and O–H groups in total. The first-order chi connectivity index (χ1) is 9.28. The van der Waals surface area contributed by atoms with Crippen molar-refractivity contribution in [2.24, 2.45) is 0 Å². The zero-order chi connectivity index (χ0) is 13.2. The number of nitrogens with one attached hydrogen (secondary N) is 2. The summed E-state index contributed by atoms with van der Waals surface area (Å²) in [6.45, 7) is 0. The van der Waals surface area contributed by atoms with Gasteiger partial charge in [-0.3, -0.25) is 9.78 Å². The van der Waals surface area contributed by atoms with Crippen molar-refractivity contribution >= 4 is 17.9 Å². The molecule has 2 heterocycles. The van der Waals surface area contributed by atoms with E-state index in [9.17, 15) is 9.59 Å². The van der Waals surface area contributed by atoms with Gasteiger partial charge in [0.2, 0.25) is 6.41 Å². The summed E-state index contributed by atoms with van der Waals surface area (Å²) in [5.74, 6) is 0.730. The van der Waals surface area contributed by atoms with Gasteiger partial charge in [-0.15, -0.1) is 5.10 Å². The average molecular weight is 255 g/mol. The van der Waals surface area contributed by atoms with Gasteiger partial charge >= 0.3 is 5.69 Å². The molecule has 0 saturated heterocycles. The van der Waals surface area contributed by atoms with Gasteiger partial charge in [0.15, 0.2) is 11.5 Å². The maximum absolute atomic E-state index is 11.8. The molecule has 3 rings (SSSR count). The van der Waals surface area contributed by atoms with Gasteiger partial charge in [-0.25, -0.2) is 9.78 Å². The number of anilines is 1. The highest BCUT2D eigenvalue weighted by Gasteiger charge is 2.09. The van der Waals surface area contributed by atoms with Gasteiger partial charge in [0.1, 0.15) is 5.82 Å². The number of aromatic nitrogens is 4. The number of fused-ring (bicyclic) bond motifs is 1. The normalized spacial score (nSPS) is 10.5. The maximum atomic E-state index is 11.8. The van der Waals surface area contributed by atoms with E-state index in [0.717, 1.165) is 10.1 Å². The van der Waals surface area contributed by atoms with E-state index in [1.807, 2.05) is 30.3 Å². The zero-order valence-electron chi connectivity index (χ0n) is 9.70. The van der Waals surface area contributed by atoms with E-state index in [4.69, 9.17) is 0 Å². The molecule has 0 atom stereocenters. The number of benzene rings is 1. The van der Waals surface area contributed by atoms with E-state index in [2.05, 4.69) is 20.4 Å². The molecule has 94 valence electrons. The minimum atomic E-state index is -0.462. The first-order valence-electron chi connectivity index (χ1n) is 5.53. The first kappa shape index (κ1) is 11.1. The second kappa shape index (κ2) is 4.37. The summed E-state index contributed by atoms with van der Waals surface area (Å²) in [7, 11) is 0. The molecule has 3 aromatic rings. The van der Waals surface area contributed by atoms with Crippen molar-refractivity contribution in [3.8, 4) is 11.4 Å². The largest absolute Gasteiger partial charge is 0.349 e. The Balaban J connectivity index is 2.18. The Bertz CT molecular complexity index is 791. The average Bonchev–Trinajstić information content (AvgIpc) is 2.85. The molecule has 0 bridgehead atoms. The number of hydrogen-bond acceptors (Lipinski definition) is 4. The molecule has 2 aromatic heterocycles. The van der Waals surface area contributed by atoms with Crippen LogP contribution in [0.2, 0.25) is 0 Å². The van der Waals surface area contributed by atoms with E-state index in [1.54, 1.807) is 0 Å². The lowest BCUT2D eigenvalue weighted by Crippen LogP contribution is -2.18. The van der Waals surface area contributed by atoms with Crippen LogP contribution < -0.4 is 11.0 Å². The van der Waals surface area contributed by atoms with Crippen LogP contribution in [0.25, 0.3) is 17.0 Å². The van der Waals surface area contributed by atoms with Crippen LogP contribution in [0.1, 0.15) is 0 Å². The van der Waals surface area contributed by atoms with E-state index < -0.39 is 5.69 Å². The Morgan fingerprint density at radius 1 is 1.26 bits per heavy atom. The molecule has 0 unspecified atom stereocenters. The summed E-state index contributed by atoms with van der Waals surface area (Å²) in [5.41, 5.74) is 0.721. The third-order valence-electron chi connectivity index (χ3n) is 2.59. The van der Waals surface area contributed by atoms with Gasteiger partial charge in [0.05, 0.1) is 0 Å². The molecule has 0 spiro atoms. The van der Waals surface area contributed by atoms with Crippen molar-refractivity contribution < 1.29 is 4.79 Å². The van der Waals surface area contributed by atoms with Crippen molar-refractivity contribution in [2.45, 2.75) is 0 Å². The molecular weight excluding hydrogens is 246 g/mol. The Kier molecular flexibility index (Phi) is 2.57. The lowest BCUT2D eigenvalue weighted by molar-refractivity contribution is -0.105. The number of aromatic amines is 1. The van der Waals surface area contributed by atoms with Gasteiger partial charge in [0, 0.05) is 11.6 Å². The van der Waals surface area contributed by atoms with Gasteiger partial charge < -0.3 is 5.32 Å². The number of amides is 1. The van der Waals surface area contributed by atoms with Crippen molar-refractivity contribution in [1.29, 1.82) is 0 Å². The molecule has 7 heteroatoms. The van der Waals surface area contributed by atoms with Gasteiger partial charge in [-0.1, -0.05) is 30.3 Å². The Labute approximate surface area is 106 Å². The maximum Gasteiger partial charge on any atom is 0.349 e. The molecule has 0 fully saturated rings. The Morgan fingerprint density at radius 2 is 2.05 bits per heavy atom. The molecular formula is C12H9N5O2. The van der Waals surface area contributed by atoms with Crippen LogP contribution in [0.3, 0.4) is 0 Å². The summed E-state index contributed by atoms with van der Waals surface area (Å²) in [6.07, 6.45) is 0.482. The molecule has 0 saturated carbocycles. The van der Waals surface area contributed by atoms with Crippen LogP contribution in [-0.4, -0.2) is 26.0 Å². The molecule has 0 radical (unpaired) electrons. The van der Waals surface area contributed by atoms with E-state index in [1.165, 1.54) is 6.07 Å². The van der Waals surface area contributed by atoms with Crippen LogP contribution in [0.15, 0.2) is 41.2 Å². The second-order valence-electron chi connectivity index (χ2n) is 3.82. The fraction of sp³-hybridized carbons (Fsp3) is 0. The third-order valence-corrected chi connectivity index (χ3v) is 2.59. The highest BCUT2D eigenvalue weighted by Crippen LogP contribution is 2.15. The fourth-order valence-electron chi connectivity index (χ4n) is 1.75. The first-order valence-corrected chi connectivity index (χ1v) is 5.53. The number of carbonyl (C=O) groups excluding carboxylic acids is 1. The minimum absolute atomic E-state index is 0.277. The van der Waals surface area contributed by atoms with Crippen LogP contribution in [-0.2, 0) is 4.79 Å². The number of hydrogen-bond donors (Lipinski definition) is 2. The summed E-state index contributed by atoms with van der Waals surface area (Å²) >= 11 is 0. The highest BCUT2D eigenvalue weighted by molar-refractivity contribution is 5.70. The van der Waals surface area contributed by atoms with E-state index in [0.29, 0.717) is 17.9 Å². The lowest BCUT2D eigenvalue weighted by atomic mass is 10.2. The molecule has 0 aliphatic rings. The fourth-order valence-corrected chi connectivity index (χ4v) is 1.75. The van der Waals surface area contributed by atoms with Gasteiger partial charge in [-0.2, -0.15) is 4.52 Å². The van der Waals surface area contributed by atoms with E-state index in [-0.39, 0.29) is 5.82 Å². The predicted molar refractivity (Wildman–Crippen MR) is 68.7 cm³/mol. The highest BCUT2D eigenvalue weighted by atomic mass is 16.1. The smallest absolute Gasteiger partial charge is 0.315 e. The molecule has 7 nitrogen and oxygen atoms in total. The molecule has 0 aliphatic heterocycles. The zero-order valence-corrected chi connectivity index (χ0v) is 9.70. The quantitative estimate of drug-likeness (QED) is 0.672. The van der Waals surface area contributed by atoms with Crippen molar-refractivity contribution in [3.05, 3.63) is 46.9 Å². The monoisotopic (exact) mass is 255 g/mol. The SMILES string of the molecule is O=CNc1cc2nc(-c3ccccc3)nn2c(=O)[nH]1. The molecule has 19 heavy (non-hydrogen) atoms. The summed E-state index contributed by atoms with van der Waals surface area (Å²) < 4.78 is 1.15. The van der Waals surface area contributed by atoms with Gasteiger partial charge in [-0.05, 0) is 0 Å². The Morgan fingerprint density at radius 3 is 2.79 bits per heavy atom. The molecule has 1 aromatic carbocycles. The number of nitrogens with zero attached hydrogens (tertiary/aromatic N) is 3. The topological polar surface area (TPSA) is 92.2 Å². The third kappa shape index (κ3) is 1.97. The minimum Gasteiger partial charge on any atom is -0.315 e.